The van der Waals surface area contributed by atoms with Gasteiger partial charge in [-0.1, -0.05) is 6.07 Å². The standard InChI is InChI=1S/C14H19ClN2O2/c15-5-12(18)9-16-6-10-4-11(8-16)13-2-1-3-14(19)17(13)7-10/h1-3,10-12,18H,4-9H2/t10-,11-,12?/m0/s1. The lowest BCUT2D eigenvalue weighted by Crippen LogP contribution is -2.49. The SMILES string of the molecule is O=c1cccc2n1C[C@H]1C[C@H]2CN(CC(O)CCl)C1. The molecule has 1 saturated heterocycles. The molecule has 19 heavy (non-hydrogen) atoms. The molecule has 0 amide bonds. The first-order valence-corrected chi connectivity index (χ1v) is 7.37. The van der Waals surface area contributed by atoms with E-state index in [2.05, 4.69) is 11.0 Å². The number of hydrogen-bond acceptors (Lipinski definition) is 3. The van der Waals surface area contributed by atoms with E-state index >= 15 is 0 Å². The number of piperidine rings is 1. The van der Waals surface area contributed by atoms with Crippen LogP contribution in [-0.2, 0) is 6.54 Å². The zero-order valence-electron chi connectivity index (χ0n) is 10.8. The molecule has 104 valence electrons. The first-order chi connectivity index (χ1) is 9.17. The fourth-order valence-corrected chi connectivity index (χ4v) is 3.59. The van der Waals surface area contributed by atoms with E-state index in [1.54, 1.807) is 6.07 Å². The van der Waals surface area contributed by atoms with Crippen LogP contribution in [0.4, 0.5) is 0 Å². The predicted octanol–water partition coefficient (Wildman–Crippen LogP) is 0.867. The first-order valence-electron chi connectivity index (χ1n) is 6.83. The Balaban J connectivity index is 1.82. The van der Waals surface area contributed by atoms with Crippen LogP contribution in [0.2, 0.25) is 0 Å². The second-order valence-electron chi connectivity index (χ2n) is 5.72. The van der Waals surface area contributed by atoms with Crippen molar-refractivity contribution in [2.45, 2.75) is 25.0 Å². The molecule has 4 nitrogen and oxygen atoms in total. The molecule has 3 rings (SSSR count). The first kappa shape index (κ1) is 13.2. The number of rotatable bonds is 3. The van der Waals surface area contributed by atoms with Gasteiger partial charge >= 0.3 is 0 Å². The van der Waals surface area contributed by atoms with Crippen molar-refractivity contribution in [3.05, 3.63) is 34.2 Å². The minimum Gasteiger partial charge on any atom is -0.391 e. The van der Waals surface area contributed by atoms with Gasteiger partial charge in [-0.05, 0) is 18.4 Å². The van der Waals surface area contributed by atoms with Crippen molar-refractivity contribution in [2.75, 3.05) is 25.5 Å². The van der Waals surface area contributed by atoms with Gasteiger partial charge in [0.1, 0.15) is 0 Å². The molecule has 2 aliphatic heterocycles. The van der Waals surface area contributed by atoms with Crippen LogP contribution in [0.3, 0.4) is 0 Å². The van der Waals surface area contributed by atoms with Gasteiger partial charge in [-0.15, -0.1) is 11.6 Å². The molecule has 0 radical (unpaired) electrons. The summed E-state index contributed by atoms with van der Waals surface area (Å²) < 4.78 is 1.92. The lowest BCUT2D eigenvalue weighted by atomic mass is 9.83. The third kappa shape index (κ3) is 2.57. The highest BCUT2D eigenvalue weighted by Gasteiger charge is 2.34. The van der Waals surface area contributed by atoms with Crippen LogP contribution in [0.25, 0.3) is 0 Å². The summed E-state index contributed by atoms with van der Waals surface area (Å²) in [5.41, 5.74) is 1.26. The van der Waals surface area contributed by atoms with Crippen molar-refractivity contribution in [1.29, 1.82) is 0 Å². The van der Waals surface area contributed by atoms with Gasteiger partial charge in [0.15, 0.2) is 0 Å². The molecule has 0 spiro atoms. The molecule has 0 saturated carbocycles. The Labute approximate surface area is 117 Å². The Bertz CT molecular complexity index is 516. The van der Waals surface area contributed by atoms with Gasteiger partial charge in [0.25, 0.3) is 5.56 Å². The van der Waals surface area contributed by atoms with Gasteiger partial charge < -0.3 is 9.67 Å². The number of aromatic nitrogens is 1. The average Bonchev–Trinajstić information content (AvgIpc) is 2.40. The highest BCUT2D eigenvalue weighted by atomic mass is 35.5. The predicted molar refractivity (Wildman–Crippen MR) is 74.7 cm³/mol. The highest BCUT2D eigenvalue weighted by Crippen LogP contribution is 2.34. The quantitative estimate of drug-likeness (QED) is 0.837. The van der Waals surface area contributed by atoms with E-state index in [4.69, 9.17) is 11.6 Å². The van der Waals surface area contributed by atoms with Crippen LogP contribution < -0.4 is 5.56 Å². The summed E-state index contributed by atoms with van der Waals surface area (Å²) >= 11 is 5.67. The van der Waals surface area contributed by atoms with Crippen molar-refractivity contribution in [1.82, 2.24) is 9.47 Å². The second-order valence-corrected chi connectivity index (χ2v) is 6.03. The van der Waals surface area contributed by atoms with Crippen LogP contribution in [0.5, 0.6) is 0 Å². The summed E-state index contributed by atoms with van der Waals surface area (Å²) in [6.07, 6.45) is 0.690. The fraction of sp³-hybridized carbons (Fsp3) is 0.643. The zero-order chi connectivity index (χ0) is 13.4. The van der Waals surface area contributed by atoms with E-state index in [0.717, 1.165) is 31.7 Å². The van der Waals surface area contributed by atoms with E-state index in [-0.39, 0.29) is 11.4 Å². The molecule has 2 aliphatic rings. The minimum absolute atomic E-state index is 0.112. The Morgan fingerprint density at radius 2 is 2.21 bits per heavy atom. The maximum Gasteiger partial charge on any atom is 0.250 e. The summed E-state index contributed by atoms with van der Waals surface area (Å²) in [7, 11) is 0. The number of aliphatic hydroxyl groups excluding tert-OH is 1. The number of alkyl halides is 1. The summed E-state index contributed by atoms with van der Waals surface area (Å²) in [6.45, 7) is 3.30. The van der Waals surface area contributed by atoms with E-state index in [1.807, 2.05) is 10.6 Å². The Morgan fingerprint density at radius 1 is 1.37 bits per heavy atom. The van der Waals surface area contributed by atoms with Crippen molar-refractivity contribution in [2.24, 2.45) is 5.92 Å². The number of nitrogens with zero attached hydrogens (tertiary/aromatic N) is 2. The summed E-state index contributed by atoms with van der Waals surface area (Å²) in [4.78, 5) is 14.2. The lowest BCUT2D eigenvalue weighted by Gasteiger charge is -2.43. The molecule has 2 bridgehead atoms. The maximum atomic E-state index is 11.9. The van der Waals surface area contributed by atoms with Crippen molar-refractivity contribution in [3.8, 4) is 0 Å². The maximum absolute atomic E-state index is 11.9. The van der Waals surface area contributed by atoms with Crippen molar-refractivity contribution >= 4 is 11.6 Å². The van der Waals surface area contributed by atoms with Crippen LogP contribution in [0.1, 0.15) is 18.0 Å². The third-order valence-corrected chi connectivity index (χ3v) is 4.56. The number of hydrogen-bond donors (Lipinski definition) is 1. The monoisotopic (exact) mass is 282 g/mol. The Kier molecular flexibility index (Phi) is 3.65. The van der Waals surface area contributed by atoms with E-state index in [0.29, 0.717) is 18.4 Å². The molecule has 1 aromatic rings. The largest absolute Gasteiger partial charge is 0.391 e. The van der Waals surface area contributed by atoms with Crippen molar-refractivity contribution < 1.29 is 5.11 Å². The van der Waals surface area contributed by atoms with Crippen molar-refractivity contribution in [3.63, 3.8) is 0 Å². The minimum atomic E-state index is -0.460. The van der Waals surface area contributed by atoms with Gasteiger partial charge in [-0.25, -0.2) is 0 Å². The summed E-state index contributed by atoms with van der Waals surface area (Å²) in [6, 6.07) is 5.55. The highest BCUT2D eigenvalue weighted by molar-refractivity contribution is 6.18. The lowest BCUT2D eigenvalue weighted by molar-refractivity contribution is 0.0712. The van der Waals surface area contributed by atoms with E-state index in [9.17, 15) is 9.90 Å². The Morgan fingerprint density at radius 3 is 3.00 bits per heavy atom. The summed E-state index contributed by atoms with van der Waals surface area (Å²) in [5.74, 6) is 1.19. The molecule has 5 heteroatoms. The van der Waals surface area contributed by atoms with E-state index < -0.39 is 6.10 Å². The van der Waals surface area contributed by atoms with Gasteiger partial charge in [0, 0.05) is 49.7 Å². The molecule has 1 unspecified atom stereocenters. The molecule has 1 fully saturated rings. The number of halogens is 1. The molecule has 3 atom stereocenters. The van der Waals surface area contributed by atoms with E-state index in [1.165, 1.54) is 0 Å². The molecule has 1 N–H and O–H groups in total. The molecule has 1 aromatic heterocycles. The number of likely N-dealkylation sites (tertiary alicyclic amines) is 1. The normalized spacial score (nSPS) is 27.9. The zero-order valence-corrected chi connectivity index (χ0v) is 11.6. The number of aliphatic hydroxyl groups is 1. The smallest absolute Gasteiger partial charge is 0.250 e. The van der Waals surface area contributed by atoms with Gasteiger partial charge in [-0.2, -0.15) is 0 Å². The number of β-amino-alcohol motifs (C(OH)–C–C–N with tert-alkyl or cyclic N) is 1. The van der Waals surface area contributed by atoms with Crippen LogP contribution in [0.15, 0.2) is 23.0 Å². The van der Waals surface area contributed by atoms with Gasteiger partial charge in [0.2, 0.25) is 0 Å². The third-order valence-electron chi connectivity index (χ3n) is 4.20. The van der Waals surface area contributed by atoms with Gasteiger partial charge in [0.05, 0.1) is 6.10 Å². The number of fused-ring (bicyclic) bond motifs is 4. The van der Waals surface area contributed by atoms with Crippen LogP contribution in [-0.4, -0.2) is 46.2 Å². The molecule has 3 heterocycles. The summed E-state index contributed by atoms with van der Waals surface area (Å²) in [5, 5.41) is 9.68. The second kappa shape index (κ2) is 5.27. The molecular formula is C14H19ClN2O2. The topological polar surface area (TPSA) is 45.5 Å². The molecule has 0 aliphatic carbocycles. The molecular weight excluding hydrogens is 264 g/mol. The van der Waals surface area contributed by atoms with Crippen LogP contribution >= 0.6 is 11.6 Å². The number of pyridine rings is 1. The van der Waals surface area contributed by atoms with Crippen LogP contribution in [0, 0.1) is 5.92 Å². The Hall–Kier alpha value is -0.840. The fourth-order valence-electron chi connectivity index (χ4n) is 3.49. The average molecular weight is 283 g/mol. The van der Waals surface area contributed by atoms with Gasteiger partial charge in [-0.3, -0.25) is 9.69 Å². The molecule has 0 aromatic carbocycles.